The standard InChI is InChI=1S/C26H32N6O4/c1-30(2)12-13-36-20-10-8-18(9-11-20)28-25-27-16-17-14-26(15-21(33)31(3)23(26)34)24(35)32(22(17)29-25)19-6-4-5-7-19/h8-11,16,19H,4-7,12-15H2,1-3H3,(H,27,28,29). The Morgan fingerprint density at radius 1 is 1.08 bits per heavy atom. The molecule has 3 heterocycles. The lowest BCUT2D eigenvalue weighted by Crippen LogP contribution is -2.56. The Morgan fingerprint density at radius 2 is 1.81 bits per heavy atom. The van der Waals surface area contributed by atoms with E-state index in [2.05, 4.69) is 15.2 Å². The van der Waals surface area contributed by atoms with Gasteiger partial charge in [-0.15, -0.1) is 0 Å². The number of nitrogens with one attached hydrogen (secondary N) is 1. The van der Waals surface area contributed by atoms with Crippen molar-refractivity contribution in [1.82, 2.24) is 19.8 Å². The van der Waals surface area contributed by atoms with Crippen LogP contribution in [0.15, 0.2) is 30.5 Å². The number of anilines is 3. The maximum Gasteiger partial charge on any atom is 0.245 e. The first-order valence-corrected chi connectivity index (χ1v) is 12.4. The van der Waals surface area contributed by atoms with Gasteiger partial charge in [-0.25, -0.2) is 4.98 Å². The molecule has 0 bridgehead atoms. The van der Waals surface area contributed by atoms with Crippen molar-refractivity contribution in [2.45, 2.75) is 44.6 Å². The summed E-state index contributed by atoms with van der Waals surface area (Å²) in [4.78, 5) is 53.4. The molecule has 3 amide bonds. The summed E-state index contributed by atoms with van der Waals surface area (Å²) in [5.74, 6) is 0.616. The van der Waals surface area contributed by atoms with Gasteiger partial charge in [0.15, 0.2) is 0 Å². The number of aromatic nitrogens is 2. The normalized spacial score (nSPS) is 22.2. The van der Waals surface area contributed by atoms with Gasteiger partial charge in [0.25, 0.3) is 0 Å². The molecule has 3 aliphatic rings. The number of hydrogen-bond donors (Lipinski definition) is 1. The molecule has 2 aliphatic heterocycles. The van der Waals surface area contributed by atoms with Gasteiger partial charge < -0.3 is 15.0 Å². The Bertz CT molecular complexity index is 1180. The van der Waals surface area contributed by atoms with Gasteiger partial charge in [0.2, 0.25) is 23.7 Å². The summed E-state index contributed by atoms with van der Waals surface area (Å²) < 4.78 is 5.75. The van der Waals surface area contributed by atoms with Crippen LogP contribution in [0.2, 0.25) is 0 Å². The molecule has 1 aromatic carbocycles. The zero-order chi connectivity index (χ0) is 25.4. The molecular formula is C26H32N6O4. The fourth-order valence-corrected chi connectivity index (χ4v) is 5.32. The molecule has 1 spiro atoms. The van der Waals surface area contributed by atoms with E-state index in [-0.39, 0.29) is 30.7 Å². The lowest BCUT2D eigenvalue weighted by Gasteiger charge is -2.40. The number of hydrogen-bond acceptors (Lipinski definition) is 8. The summed E-state index contributed by atoms with van der Waals surface area (Å²) in [6.45, 7) is 1.43. The molecule has 1 aromatic heterocycles. The molecular weight excluding hydrogens is 460 g/mol. The van der Waals surface area contributed by atoms with Gasteiger partial charge in [0, 0.05) is 43.5 Å². The minimum absolute atomic E-state index is 0.0384. The number of nitrogens with zero attached hydrogens (tertiary/aromatic N) is 5. The third-order valence-corrected chi connectivity index (χ3v) is 7.34. The maximum atomic E-state index is 13.9. The smallest absolute Gasteiger partial charge is 0.245 e. The molecule has 2 aromatic rings. The minimum Gasteiger partial charge on any atom is -0.492 e. The van der Waals surface area contributed by atoms with Crippen molar-refractivity contribution in [2.24, 2.45) is 5.41 Å². The third-order valence-electron chi connectivity index (χ3n) is 7.34. The van der Waals surface area contributed by atoms with Crippen LogP contribution in [0.1, 0.15) is 37.7 Å². The third kappa shape index (κ3) is 4.30. The largest absolute Gasteiger partial charge is 0.492 e. The molecule has 1 unspecified atom stereocenters. The lowest BCUT2D eigenvalue weighted by atomic mass is 9.76. The molecule has 1 saturated heterocycles. The second-order valence-electron chi connectivity index (χ2n) is 10.2. The van der Waals surface area contributed by atoms with E-state index in [4.69, 9.17) is 9.72 Å². The molecule has 1 saturated carbocycles. The molecule has 1 aliphatic carbocycles. The molecule has 10 heteroatoms. The zero-order valence-corrected chi connectivity index (χ0v) is 21.0. The van der Waals surface area contributed by atoms with Crippen molar-refractivity contribution in [3.8, 4) is 5.75 Å². The van der Waals surface area contributed by atoms with Gasteiger partial charge in [-0.1, -0.05) is 12.8 Å². The Balaban J connectivity index is 1.40. The fraction of sp³-hybridized carbons (Fsp3) is 0.500. The van der Waals surface area contributed by atoms with Crippen LogP contribution in [0.25, 0.3) is 0 Å². The first-order chi connectivity index (χ1) is 17.3. The highest BCUT2D eigenvalue weighted by Gasteiger charge is 2.60. The summed E-state index contributed by atoms with van der Waals surface area (Å²) in [5.41, 5.74) is 0.120. The molecule has 0 radical (unpaired) electrons. The van der Waals surface area contributed by atoms with Crippen molar-refractivity contribution in [3.63, 3.8) is 0 Å². The predicted octanol–water partition coefficient (Wildman–Crippen LogP) is 2.37. The highest BCUT2D eigenvalue weighted by molar-refractivity contribution is 6.21. The van der Waals surface area contributed by atoms with Crippen LogP contribution in [0.3, 0.4) is 0 Å². The number of likely N-dealkylation sites (tertiary alicyclic amines) is 1. The number of carbonyl (C=O) groups excluding carboxylic acids is 3. The SMILES string of the molecule is CN(C)CCOc1ccc(Nc2ncc3c(n2)N(C2CCCC2)C(=O)C2(CC(=O)N(C)C2=O)C3)cc1. The van der Waals surface area contributed by atoms with Crippen LogP contribution in [0.4, 0.5) is 17.5 Å². The average Bonchev–Trinajstić information content (AvgIpc) is 3.45. The zero-order valence-electron chi connectivity index (χ0n) is 21.0. The van der Waals surface area contributed by atoms with E-state index in [1.165, 1.54) is 7.05 Å². The number of benzene rings is 1. The highest BCUT2D eigenvalue weighted by atomic mass is 16.5. The summed E-state index contributed by atoms with van der Waals surface area (Å²) in [6, 6.07) is 7.51. The Kier molecular flexibility index (Phi) is 6.38. The van der Waals surface area contributed by atoms with Crippen molar-refractivity contribution >= 4 is 35.2 Å². The van der Waals surface area contributed by atoms with E-state index in [0.29, 0.717) is 23.9 Å². The van der Waals surface area contributed by atoms with E-state index in [1.807, 2.05) is 38.4 Å². The summed E-state index contributed by atoms with van der Waals surface area (Å²) in [5, 5.41) is 3.21. The van der Waals surface area contributed by atoms with Gasteiger partial charge in [-0.2, -0.15) is 4.98 Å². The number of carbonyl (C=O) groups is 3. The number of rotatable bonds is 7. The summed E-state index contributed by atoms with van der Waals surface area (Å²) in [6.07, 6.45) is 5.44. The minimum atomic E-state index is -1.39. The predicted molar refractivity (Wildman–Crippen MR) is 134 cm³/mol. The molecule has 1 atom stereocenters. The monoisotopic (exact) mass is 492 g/mol. The highest BCUT2D eigenvalue weighted by Crippen LogP contribution is 2.46. The van der Waals surface area contributed by atoms with Crippen molar-refractivity contribution in [1.29, 1.82) is 0 Å². The average molecular weight is 493 g/mol. The number of amides is 3. The van der Waals surface area contributed by atoms with Crippen LogP contribution >= 0.6 is 0 Å². The van der Waals surface area contributed by atoms with Crippen LogP contribution < -0.4 is 15.0 Å². The van der Waals surface area contributed by atoms with Crippen molar-refractivity contribution < 1.29 is 19.1 Å². The number of fused-ring (bicyclic) bond motifs is 1. The number of likely N-dealkylation sites (N-methyl/N-ethyl adjacent to an activating group) is 1. The van der Waals surface area contributed by atoms with E-state index < -0.39 is 11.3 Å². The van der Waals surface area contributed by atoms with Gasteiger partial charge in [-0.05, 0) is 51.2 Å². The second-order valence-corrected chi connectivity index (χ2v) is 10.2. The Hall–Kier alpha value is -3.53. The van der Waals surface area contributed by atoms with E-state index >= 15 is 0 Å². The van der Waals surface area contributed by atoms with Crippen molar-refractivity contribution in [2.75, 3.05) is 44.5 Å². The Morgan fingerprint density at radius 3 is 2.44 bits per heavy atom. The molecule has 5 rings (SSSR count). The van der Waals surface area contributed by atoms with E-state index in [1.54, 1.807) is 11.1 Å². The van der Waals surface area contributed by atoms with Crippen LogP contribution in [-0.2, 0) is 20.8 Å². The van der Waals surface area contributed by atoms with Crippen LogP contribution in [0.5, 0.6) is 5.75 Å². The number of imide groups is 1. The van der Waals surface area contributed by atoms with Gasteiger partial charge in [-0.3, -0.25) is 24.2 Å². The first-order valence-electron chi connectivity index (χ1n) is 12.4. The Labute approximate surface area is 210 Å². The van der Waals surface area contributed by atoms with Crippen molar-refractivity contribution in [3.05, 3.63) is 36.0 Å². The van der Waals surface area contributed by atoms with Crippen LogP contribution in [-0.4, -0.2) is 77.8 Å². The van der Waals surface area contributed by atoms with E-state index in [9.17, 15) is 14.4 Å². The fourth-order valence-electron chi connectivity index (χ4n) is 5.32. The van der Waals surface area contributed by atoms with Gasteiger partial charge >= 0.3 is 0 Å². The summed E-state index contributed by atoms with van der Waals surface area (Å²) in [7, 11) is 5.45. The van der Waals surface area contributed by atoms with Crippen LogP contribution in [0, 0.1) is 5.41 Å². The van der Waals surface area contributed by atoms with Gasteiger partial charge in [0.05, 0.1) is 6.42 Å². The lowest BCUT2D eigenvalue weighted by molar-refractivity contribution is -0.144. The second kappa shape index (κ2) is 9.50. The first kappa shape index (κ1) is 24.2. The quantitative estimate of drug-likeness (QED) is 0.464. The van der Waals surface area contributed by atoms with Gasteiger partial charge in [0.1, 0.15) is 23.6 Å². The molecule has 190 valence electrons. The number of ether oxygens (including phenoxy) is 1. The molecule has 10 nitrogen and oxygen atoms in total. The van der Waals surface area contributed by atoms with E-state index in [0.717, 1.165) is 48.6 Å². The molecule has 1 N–H and O–H groups in total. The topological polar surface area (TPSA) is 108 Å². The maximum absolute atomic E-state index is 13.9. The molecule has 2 fully saturated rings. The molecule has 36 heavy (non-hydrogen) atoms. The summed E-state index contributed by atoms with van der Waals surface area (Å²) >= 11 is 0.